The van der Waals surface area contributed by atoms with Gasteiger partial charge in [0, 0.05) is 36.4 Å². The van der Waals surface area contributed by atoms with Crippen molar-refractivity contribution in [1.29, 1.82) is 0 Å². The van der Waals surface area contributed by atoms with Crippen LogP contribution in [0.5, 0.6) is 5.88 Å². The molecule has 0 atom stereocenters. The SMILES string of the molecule is Cc1cc(N)nc(C)c1CNCc1nn(Cc2ccc3ncc(Cl)cc3c2)c2ccc(O)nc12. The van der Waals surface area contributed by atoms with E-state index in [4.69, 9.17) is 22.4 Å². The van der Waals surface area contributed by atoms with Crippen LogP contribution in [0.25, 0.3) is 21.9 Å². The van der Waals surface area contributed by atoms with Crippen molar-refractivity contribution >= 4 is 39.4 Å². The van der Waals surface area contributed by atoms with E-state index in [0.717, 1.165) is 44.5 Å². The van der Waals surface area contributed by atoms with Crippen LogP contribution in [0.1, 0.15) is 28.1 Å². The summed E-state index contributed by atoms with van der Waals surface area (Å²) < 4.78 is 1.90. The fourth-order valence-corrected chi connectivity index (χ4v) is 4.40. The van der Waals surface area contributed by atoms with E-state index in [1.54, 1.807) is 12.3 Å². The summed E-state index contributed by atoms with van der Waals surface area (Å²) in [7, 11) is 0. The molecule has 0 aliphatic heterocycles. The molecule has 0 unspecified atom stereocenters. The summed E-state index contributed by atoms with van der Waals surface area (Å²) in [5.41, 5.74) is 13.2. The van der Waals surface area contributed by atoms with Crippen molar-refractivity contribution in [3.05, 3.63) is 81.8 Å². The molecule has 0 amide bonds. The molecule has 1 aromatic carbocycles. The van der Waals surface area contributed by atoms with Gasteiger partial charge in [0.25, 0.3) is 0 Å². The van der Waals surface area contributed by atoms with Gasteiger partial charge in [-0.2, -0.15) is 5.10 Å². The Hall–Kier alpha value is -3.75. The summed E-state index contributed by atoms with van der Waals surface area (Å²) >= 11 is 6.12. The summed E-state index contributed by atoms with van der Waals surface area (Å²) in [4.78, 5) is 13.1. The van der Waals surface area contributed by atoms with Gasteiger partial charge in [0.1, 0.15) is 17.0 Å². The first-order chi connectivity index (χ1) is 16.4. The van der Waals surface area contributed by atoms with Gasteiger partial charge >= 0.3 is 0 Å². The van der Waals surface area contributed by atoms with Gasteiger partial charge in [-0.05, 0) is 60.9 Å². The number of fused-ring (bicyclic) bond motifs is 2. The highest BCUT2D eigenvalue weighted by molar-refractivity contribution is 6.31. The van der Waals surface area contributed by atoms with Crippen LogP contribution in [-0.4, -0.2) is 29.8 Å². The number of halogens is 1. The second kappa shape index (κ2) is 8.89. The molecule has 4 aromatic heterocycles. The van der Waals surface area contributed by atoms with Gasteiger partial charge in [-0.15, -0.1) is 0 Å². The fraction of sp³-hybridized carbons (Fsp3) is 0.200. The van der Waals surface area contributed by atoms with Gasteiger partial charge in [-0.1, -0.05) is 17.7 Å². The zero-order valence-corrected chi connectivity index (χ0v) is 19.6. The molecular weight excluding hydrogens is 450 g/mol. The molecular formula is C25H24ClN7O. The van der Waals surface area contributed by atoms with Crippen molar-refractivity contribution in [3.63, 3.8) is 0 Å². The van der Waals surface area contributed by atoms with E-state index in [9.17, 15) is 5.11 Å². The number of anilines is 1. The molecule has 9 heteroatoms. The third kappa shape index (κ3) is 4.37. The van der Waals surface area contributed by atoms with Gasteiger partial charge in [0.2, 0.25) is 5.88 Å². The molecule has 0 fully saturated rings. The number of nitrogen functional groups attached to an aromatic ring is 1. The molecule has 4 N–H and O–H groups in total. The maximum atomic E-state index is 9.99. The topological polar surface area (TPSA) is 115 Å². The van der Waals surface area contributed by atoms with E-state index in [-0.39, 0.29) is 5.88 Å². The van der Waals surface area contributed by atoms with Crippen LogP contribution in [0.4, 0.5) is 5.82 Å². The molecule has 8 nitrogen and oxygen atoms in total. The minimum absolute atomic E-state index is 0.0332. The van der Waals surface area contributed by atoms with Gasteiger partial charge in [-0.3, -0.25) is 9.67 Å². The van der Waals surface area contributed by atoms with Gasteiger partial charge < -0.3 is 16.2 Å². The zero-order chi connectivity index (χ0) is 23.8. The van der Waals surface area contributed by atoms with Gasteiger partial charge in [0.15, 0.2) is 0 Å². The average molecular weight is 474 g/mol. The Bertz CT molecular complexity index is 1510. The van der Waals surface area contributed by atoms with Crippen LogP contribution < -0.4 is 11.1 Å². The van der Waals surface area contributed by atoms with Crippen molar-refractivity contribution in [2.45, 2.75) is 33.5 Å². The summed E-state index contributed by atoms with van der Waals surface area (Å²) in [6.45, 7) is 5.64. The number of nitrogens with one attached hydrogen (secondary N) is 1. The molecule has 0 saturated heterocycles. The summed E-state index contributed by atoms with van der Waals surface area (Å²) in [5.74, 6) is 0.490. The lowest BCUT2D eigenvalue weighted by molar-refractivity contribution is 0.455. The number of nitrogens with two attached hydrogens (primary N) is 1. The standard InChI is InChI=1S/C25H24ClN7O/c1-14-7-23(27)30-15(2)19(14)11-28-12-21-25-22(5-6-24(34)31-25)33(32-21)13-16-3-4-20-17(8-16)9-18(26)10-29-20/h3-10,28H,11-13H2,1-2H3,(H2,27,30)(H,31,34). The number of pyridine rings is 3. The van der Waals surface area contributed by atoms with E-state index in [0.29, 0.717) is 36.0 Å². The quantitative estimate of drug-likeness (QED) is 0.337. The second-order valence-electron chi connectivity index (χ2n) is 8.35. The summed E-state index contributed by atoms with van der Waals surface area (Å²) in [6.07, 6.45) is 1.64. The monoisotopic (exact) mass is 473 g/mol. The smallest absolute Gasteiger partial charge is 0.211 e. The normalized spacial score (nSPS) is 11.5. The first-order valence-electron chi connectivity index (χ1n) is 10.9. The Morgan fingerprint density at radius 3 is 2.74 bits per heavy atom. The fourth-order valence-electron chi connectivity index (χ4n) is 4.24. The molecule has 0 aliphatic carbocycles. The molecule has 0 spiro atoms. The number of aryl methyl sites for hydroxylation is 2. The first kappa shape index (κ1) is 22.1. The Kier molecular flexibility index (Phi) is 5.77. The van der Waals surface area contributed by atoms with Crippen LogP contribution in [0.2, 0.25) is 5.02 Å². The van der Waals surface area contributed by atoms with E-state index in [1.165, 1.54) is 0 Å². The van der Waals surface area contributed by atoms with Crippen LogP contribution >= 0.6 is 11.6 Å². The second-order valence-corrected chi connectivity index (χ2v) is 8.79. The Morgan fingerprint density at radius 1 is 1.06 bits per heavy atom. The molecule has 0 radical (unpaired) electrons. The Balaban J connectivity index is 1.42. The number of hydrogen-bond donors (Lipinski definition) is 3. The van der Waals surface area contributed by atoms with Crippen LogP contribution in [0, 0.1) is 13.8 Å². The number of benzene rings is 1. The molecule has 5 rings (SSSR count). The van der Waals surface area contributed by atoms with Crippen molar-refractivity contribution < 1.29 is 5.11 Å². The van der Waals surface area contributed by atoms with Crippen molar-refractivity contribution in [2.75, 3.05) is 5.73 Å². The van der Waals surface area contributed by atoms with Crippen LogP contribution in [0.15, 0.2) is 48.7 Å². The maximum absolute atomic E-state index is 9.99. The molecule has 0 saturated carbocycles. The van der Waals surface area contributed by atoms with E-state index in [2.05, 4.69) is 26.3 Å². The van der Waals surface area contributed by atoms with Gasteiger partial charge in [-0.25, -0.2) is 9.97 Å². The molecule has 0 aliphatic rings. The number of nitrogens with zero attached hydrogens (tertiary/aromatic N) is 5. The van der Waals surface area contributed by atoms with Crippen LogP contribution in [0.3, 0.4) is 0 Å². The highest BCUT2D eigenvalue weighted by atomic mass is 35.5. The third-order valence-electron chi connectivity index (χ3n) is 5.86. The predicted molar refractivity (Wildman–Crippen MR) is 134 cm³/mol. The minimum atomic E-state index is -0.0332. The van der Waals surface area contributed by atoms with Crippen LogP contribution in [-0.2, 0) is 19.6 Å². The minimum Gasteiger partial charge on any atom is -0.493 e. The predicted octanol–water partition coefficient (Wildman–Crippen LogP) is 4.27. The van der Waals surface area contributed by atoms with Crippen molar-refractivity contribution in [3.8, 4) is 5.88 Å². The van der Waals surface area contributed by atoms with E-state index >= 15 is 0 Å². The lowest BCUT2D eigenvalue weighted by Gasteiger charge is -2.10. The Morgan fingerprint density at radius 2 is 1.91 bits per heavy atom. The first-order valence-corrected chi connectivity index (χ1v) is 11.3. The average Bonchev–Trinajstić information content (AvgIpc) is 3.11. The molecule has 5 aromatic rings. The maximum Gasteiger partial charge on any atom is 0.211 e. The molecule has 172 valence electrons. The highest BCUT2D eigenvalue weighted by Crippen LogP contribution is 2.23. The summed E-state index contributed by atoms with van der Waals surface area (Å²) in [5, 5.41) is 19.8. The number of aromatic nitrogens is 5. The third-order valence-corrected chi connectivity index (χ3v) is 6.07. The lowest BCUT2D eigenvalue weighted by atomic mass is 10.1. The number of aromatic hydroxyl groups is 1. The Labute approximate surface area is 201 Å². The number of rotatable bonds is 6. The van der Waals surface area contributed by atoms with E-state index < -0.39 is 0 Å². The van der Waals surface area contributed by atoms with Crippen molar-refractivity contribution in [1.82, 2.24) is 30.0 Å². The number of hydrogen-bond acceptors (Lipinski definition) is 7. The highest BCUT2D eigenvalue weighted by Gasteiger charge is 2.14. The zero-order valence-electron chi connectivity index (χ0n) is 18.9. The largest absolute Gasteiger partial charge is 0.493 e. The molecule has 34 heavy (non-hydrogen) atoms. The van der Waals surface area contributed by atoms with E-state index in [1.807, 2.05) is 48.9 Å². The van der Waals surface area contributed by atoms with Gasteiger partial charge in [0.05, 0.1) is 22.6 Å². The molecule has 4 heterocycles. The molecule has 0 bridgehead atoms. The van der Waals surface area contributed by atoms with Crippen molar-refractivity contribution in [2.24, 2.45) is 0 Å². The lowest BCUT2D eigenvalue weighted by Crippen LogP contribution is -2.16. The summed E-state index contributed by atoms with van der Waals surface area (Å²) in [6, 6.07) is 13.3.